The maximum atomic E-state index is 6.00. The standard InChI is InChI=1S/C82H57N5Si2/c1-8-30-59(31-9-1)85-76-50-27-24-47-72(76)80-77(85)54-53-71-69-46-23-26-49-75(69)87(81(71)80)79-57-73(58-29-28-44-66(55-58)88(60-32-10-2-11-33-60,61-34-12-3-13-35-61)62-36-14-4-15-37-62)83-82(84-79)86-74-48-25-22-45-68(74)70-52-51-67(56-78(70)86)89(63-38-16-5-17-39-63,64-40-18-6-19-41-64)65-42-20-7-21-43-65/h1-57H. The highest BCUT2D eigenvalue weighted by atomic mass is 28.3. The van der Waals surface area contributed by atoms with Gasteiger partial charge in [-0.05, 0) is 84.0 Å². The van der Waals surface area contributed by atoms with E-state index in [0.29, 0.717) is 5.95 Å². The van der Waals surface area contributed by atoms with Crippen molar-refractivity contribution in [2.75, 3.05) is 0 Å². The van der Waals surface area contributed by atoms with Gasteiger partial charge in [-0.1, -0.05) is 297 Å². The second kappa shape index (κ2) is 21.3. The molecule has 0 aliphatic carbocycles. The van der Waals surface area contributed by atoms with Gasteiger partial charge in [0.05, 0.1) is 38.8 Å². The molecule has 0 saturated heterocycles. The topological polar surface area (TPSA) is 40.6 Å². The molecule has 17 aromatic rings. The van der Waals surface area contributed by atoms with Gasteiger partial charge in [0.2, 0.25) is 5.95 Å². The Morgan fingerprint density at radius 2 is 0.629 bits per heavy atom. The predicted octanol–water partition coefficient (Wildman–Crippen LogP) is 14.2. The van der Waals surface area contributed by atoms with Crippen LogP contribution in [0.2, 0.25) is 0 Å². The Hall–Kier alpha value is -11.2. The predicted molar refractivity (Wildman–Crippen MR) is 378 cm³/mol. The average molecular weight is 1170 g/mol. The quantitative estimate of drug-likeness (QED) is 0.0903. The summed E-state index contributed by atoms with van der Waals surface area (Å²) in [5.41, 5.74) is 9.42. The van der Waals surface area contributed by atoms with Gasteiger partial charge in [0, 0.05) is 49.6 Å². The molecule has 0 atom stereocenters. The van der Waals surface area contributed by atoms with E-state index in [4.69, 9.17) is 9.97 Å². The molecule has 13 aromatic carbocycles. The van der Waals surface area contributed by atoms with E-state index in [0.717, 1.165) is 82.8 Å². The number of aromatic nitrogens is 5. The molecule has 0 amide bonds. The Morgan fingerprint density at radius 3 is 1.15 bits per heavy atom. The van der Waals surface area contributed by atoms with Crippen LogP contribution in [0.3, 0.4) is 0 Å². The third-order valence-corrected chi connectivity index (χ3v) is 28.1. The van der Waals surface area contributed by atoms with E-state index in [2.05, 4.69) is 359 Å². The molecule has 0 fully saturated rings. The Balaban J connectivity index is 1.00. The molecule has 418 valence electrons. The maximum absolute atomic E-state index is 6.00. The zero-order chi connectivity index (χ0) is 58.9. The van der Waals surface area contributed by atoms with E-state index in [1.165, 1.54) is 46.9 Å². The average Bonchev–Trinajstić information content (AvgIpc) is 1.65. The van der Waals surface area contributed by atoms with Gasteiger partial charge >= 0.3 is 0 Å². The third kappa shape index (κ3) is 8.13. The van der Waals surface area contributed by atoms with Crippen LogP contribution >= 0.6 is 0 Å². The van der Waals surface area contributed by atoms with E-state index in [9.17, 15) is 0 Å². The van der Waals surface area contributed by atoms with Crippen LogP contribution in [0.25, 0.3) is 94.1 Å². The molecule has 0 N–H and O–H groups in total. The Labute approximate surface area is 518 Å². The largest absolute Gasteiger partial charge is 0.309 e. The molecule has 0 spiro atoms. The van der Waals surface area contributed by atoms with Crippen LogP contribution in [0.4, 0.5) is 0 Å². The molecule has 7 heteroatoms. The number of nitrogens with zero attached hydrogens (tertiary/aromatic N) is 5. The molecule has 5 nitrogen and oxygen atoms in total. The lowest BCUT2D eigenvalue weighted by atomic mass is 10.1. The van der Waals surface area contributed by atoms with Crippen LogP contribution < -0.4 is 41.5 Å². The molecule has 4 heterocycles. The van der Waals surface area contributed by atoms with Crippen molar-refractivity contribution < 1.29 is 0 Å². The van der Waals surface area contributed by atoms with Gasteiger partial charge in [0.25, 0.3) is 0 Å². The van der Waals surface area contributed by atoms with Crippen molar-refractivity contribution >= 4 is 123 Å². The number of benzene rings is 13. The third-order valence-electron chi connectivity index (χ3n) is 18.6. The number of para-hydroxylation sites is 4. The smallest absolute Gasteiger partial charge is 0.237 e. The van der Waals surface area contributed by atoms with Gasteiger partial charge in [-0.15, -0.1) is 0 Å². The fourth-order valence-electron chi connectivity index (χ4n) is 14.8. The minimum atomic E-state index is -3.01. The maximum Gasteiger partial charge on any atom is 0.237 e. The van der Waals surface area contributed by atoms with Gasteiger partial charge in [-0.2, -0.15) is 4.98 Å². The highest BCUT2D eigenvalue weighted by Crippen LogP contribution is 2.43. The van der Waals surface area contributed by atoms with Crippen molar-refractivity contribution in [3.05, 3.63) is 346 Å². The zero-order valence-corrected chi connectivity index (χ0v) is 50.6. The van der Waals surface area contributed by atoms with Gasteiger partial charge in [0.15, 0.2) is 16.1 Å². The number of hydrogen-bond acceptors (Lipinski definition) is 2. The summed E-state index contributed by atoms with van der Waals surface area (Å²) in [6.45, 7) is 0. The minimum absolute atomic E-state index is 0.583. The van der Waals surface area contributed by atoms with Gasteiger partial charge in [-0.3, -0.25) is 9.13 Å². The molecule has 89 heavy (non-hydrogen) atoms. The normalized spacial score (nSPS) is 12.0. The summed E-state index contributed by atoms with van der Waals surface area (Å²) in [5.74, 6) is 1.35. The highest BCUT2D eigenvalue weighted by Gasteiger charge is 2.43. The van der Waals surface area contributed by atoms with Crippen LogP contribution in [0, 0.1) is 0 Å². The second-order valence-electron chi connectivity index (χ2n) is 23.2. The lowest BCUT2D eigenvalue weighted by Crippen LogP contribution is -2.74. The molecule has 4 aromatic heterocycles. The van der Waals surface area contributed by atoms with Crippen molar-refractivity contribution in [3.63, 3.8) is 0 Å². The fraction of sp³-hybridized carbons (Fsp3) is 0. The summed E-state index contributed by atoms with van der Waals surface area (Å²) in [7, 11) is -5.99. The second-order valence-corrected chi connectivity index (χ2v) is 30.8. The van der Waals surface area contributed by atoms with Crippen LogP contribution in [0.1, 0.15) is 0 Å². The van der Waals surface area contributed by atoms with Crippen LogP contribution in [-0.2, 0) is 0 Å². The Morgan fingerprint density at radius 1 is 0.236 bits per heavy atom. The first-order valence-electron chi connectivity index (χ1n) is 30.6. The lowest BCUT2D eigenvalue weighted by Gasteiger charge is -2.34. The van der Waals surface area contributed by atoms with E-state index in [1.807, 2.05) is 0 Å². The Kier molecular flexibility index (Phi) is 12.5. The zero-order valence-electron chi connectivity index (χ0n) is 48.6. The van der Waals surface area contributed by atoms with Crippen molar-refractivity contribution in [3.8, 4) is 28.7 Å². The fourth-order valence-corrected chi connectivity index (χ4v) is 24.4. The molecule has 0 aliphatic heterocycles. The number of fused-ring (bicyclic) bond motifs is 10. The monoisotopic (exact) mass is 1170 g/mol. The van der Waals surface area contributed by atoms with Crippen LogP contribution in [-0.4, -0.2) is 39.8 Å². The highest BCUT2D eigenvalue weighted by molar-refractivity contribution is 7.20. The van der Waals surface area contributed by atoms with Gasteiger partial charge < -0.3 is 4.57 Å². The summed E-state index contributed by atoms with van der Waals surface area (Å²) >= 11 is 0. The Bertz CT molecular complexity index is 5280. The van der Waals surface area contributed by atoms with Crippen molar-refractivity contribution in [2.24, 2.45) is 0 Å². The van der Waals surface area contributed by atoms with E-state index in [-0.39, 0.29) is 0 Å². The molecule has 0 saturated carbocycles. The summed E-state index contributed by atoms with van der Waals surface area (Å²) in [6.07, 6.45) is 0. The number of hydrogen-bond donors (Lipinski definition) is 0. The molecular weight excluding hydrogens is 1110 g/mol. The summed E-state index contributed by atoms with van der Waals surface area (Å²) < 4.78 is 7.20. The minimum Gasteiger partial charge on any atom is -0.309 e. The van der Waals surface area contributed by atoms with E-state index < -0.39 is 16.1 Å². The molecule has 17 rings (SSSR count). The van der Waals surface area contributed by atoms with E-state index in [1.54, 1.807) is 0 Å². The molecule has 0 aliphatic rings. The van der Waals surface area contributed by atoms with Crippen molar-refractivity contribution in [1.29, 1.82) is 0 Å². The molecule has 0 unspecified atom stereocenters. The van der Waals surface area contributed by atoms with Crippen LogP contribution in [0.5, 0.6) is 0 Å². The SMILES string of the molecule is c1ccc(-n2c3ccccc3c3c2ccc2c4ccccc4n(-c4cc(-c5cccc([Si](c6ccccc6)(c6ccccc6)c6ccccc6)c5)nc(-n5c6ccccc6c6ccc([Si](c7ccccc7)(c7ccccc7)c7ccccc7)cc65)n4)c23)cc1. The first-order chi connectivity index (χ1) is 44.2. The molecule has 0 radical (unpaired) electrons. The first-order valence-corrected chi connectivity index (χ1v) is 34.6. The number of rotatable bonds is 12. The first kappa shape index (κ1) is 52.1. The summed E-state index contributed by atoms with van der Waals surface area (Å²) in [4.78, 5) is 11.9. The molecular formula is C82H57N5Si2. The van der Waals surface area contributed by atoms with Gasteiger partial charge in [0.1, 0.15) is 5.82 Å². The van der Waals surface area contributed by atoms with Gasteiger partial charge in [-0.25, -0.2) is 4.98 Å². The molecule has 0 bridgehead atoms. The van der Waals surface area contributed by atoms with Crippen molar-refractivity contribution in [2.45, 2.75) is 0 Å². The van der Waals surface area contributed by atoms with Crippen molar-refractivity contribution in [1.82, 2.24) is 23.7 Å². The summed E-state index contributed by atoms with van der Waals surface area (Å²) in [6, 6.07) is 128. The van der Waals surface area contributed by atoms with E-state index >= 15 is 0 Å². The summed E-state index contributed by atoms with van der Waals surface area (Å²) in [5, 5.41) is 17.3. The van der Waals surface area contributed by atoms with Crippen LogP contribution in [0.15, 0.2) is 346 Å². The lowest BCUT2D eigenvalue weighted by molar-refractivity contribution is 0.953.